The van der Waals surface area contributed by atoms with Crippen molar-refractivity contribution in [1.29, 1.82) is 0 Å². The number of para-hydroxylation sites is 1. The van der Waals surface area contributed by atoms with Gasteiger partial charge >= 0.3 is 0 Å². The molecule has 0 aliphatic carbocycles. The minimum absolute atomic E-state index is 0.158. The Bertz CT molecular complexity index is 658. The number of halogens is 3. The van der Waals surface area contributed by atoms with E-state index < -0.39 is 17.5 Å². The minimum atomic E-state index is -1.16. The van der Waals surface area contributed by atoms with E-state index in [9.17, 15) is 13.2 Å². The van der Waals surface area contributed by atoms with Gasteiger partial charge in [-0.2, -0.15) is 0 Å². The highest BCUT2D eigenvalue weighted by atomic mass is 19.2. The Balaban J connectivity index is 1.93. The summed E-state index contributed by atoms with van der Waals surface area (Å²) in [7, 11) is 0. The maximum atomic E-state index is 13.8. The Morgan fingerprint density at radius 1 is 1.00 bits per heavy atom. The molecule has 0 aromatic heterocycles. The zero-order chi connectivity index (χ0) is 14.8. The fourth-order valence-electron chi connectivity index (χ4n) is 2.58. The van der Waals surface area contributed by atoms with Crippen molar-refractivity contribution in [1.82, 2.24) is 5.32 Å². The summed E-state index contributed by atoms with van der Waals surface area (Å²) in [6, 6.07) is 9.36. The number of nitrogens with one attached hydrogen (secondary N) is 1. The van der Waals surface area contributed by atoms with Crippen molar-refractivity contribution in [2.75, 3.05) is 18.0 Å². The van der Waals surface area contributed by atoms with E-state index >= 15 is 0 Å². The third-order valence-corrected chi connectivity index (χ3v) is 3.66. The first-order valence-electron chi connectivity index (χ1n) is 6.82. The van der Waals surface area contributed by atoms with Gasteiger partial charge in [0.25, 0.3) is 0 Å². The Hall–Kier alpha value is -2.01. The zero-order valence-corrected chi connectivity index (χ0v) is 11.4. The number of hydrogen-bond donors (Lipinski definition) is 1. The van der Waals surface area contributed by atoms with Crippen molar-refractivity contribution in [3.05, 3.63) is 65.0 Å². The molecule has 0 unspecified atom stereocenters. The quantitative estimate of drug-likeness (QED) is 0.855. The normalized spacial score (nSPS) is 14.7. The number of anilines is 1. The maximum absolute atomic E-state index is 13.8. The van der Waals surface area contributed by atoms with Gasteiger partial charge in [0, 0.05) is 43.5 Å². The Morgan fingerprint density at radius 2 is 1.76 bits per heavy atom. The Morgan fingerprint density at radius 3 is 2.62 bits per heavy atom. The summed E-state index contributed by atoms with van der Waals surface area (Å²) in [4.78, 5) is 1.98. The SMILES string of the molecule is Fc1cc(F)c(CN2CCNCc3ccccc32)cc1F. The zero-order valence-electron chi connectivity index (χ0n) is 11.4. The summed E-state index contributed by atoms with van der Waals surface area (Å²) in [5.74, 6) is -2.90. The summed E-state index contributed by atoms with van der Waals surface area (Å²) in [6.07, 6.45) is 0. The highest BCUT2D eigenvalue weighted by Gasteiger charge is 2.17. The molecule has 2 aromatic carbocycles. The molecule has 21 heavy (non-hydrogen) atoms. The highest BCUT2D eigenvalue weighted by molar-refractivity contribution is 5.54. The molecular weight excluding hydrogens is 277 g/mol. The second-order valence-electron chi connectivity index (χ2n) is 5.08. The minimum Gasteiger partial charge on any atom is -0.366 e. The number of rotatable bonds is 2. The average molecular weight is 292 g/mol. The van der Waals surface area contributed by atoms with Gasteiger partial charge in [-0.3, -0.25) is 0 Å². The van der Waals surface area contributed by atoms with E-state index in [1.807, 2.05) is 29.2 Å². The molecule has 0 saturated heterocycles. The van der Waals surface area contributed by atoms with Gasteiger partial charge in [-0.25, -0.2) is 13.2 Å². The lowest BCUT2D eigenvalue weighted by atomic mass is 10.1. The van der Waals surface area contributed by atoms with Crippen LogP contribution >= 0.6 is 0 Å². The van der Waals surface area contributed by atoms with Crippen molar-refractivity contribution >= 4 is 5.69 Å². The number of nitrogens with zero attached hydrogens (tertiary/aromatic N) is 1. The van der Waals surface area contributed by atoms with Gasteiger partial charge in [-0.15, -0.1) is 0 Å². The Labute approximate surface area is 121 Å². The van der Waals surface area contributed by atoms with E-state index in [0.29, 0.717) is 12.6 Å². The summed E-state index contributed by atoms with van der Waals surface area (Å²) < 4.78 is 40.1. The first-order chi connectivity index (χ1) is 10.1. The van der Waals surface area contributed by atoms with Crippen LogP contribution in [0.15, 0.2) is 36.4 Å². The van der Waals surface area contributed by atoms with Gasteiger partial charge < -0.3 is 10.2 Å². The third-order valence-electron chi connectivity index (χ3n) is 3.66. The molecule has 0 atom stereocenters. The van der Waals surface area contributed by atoms with Gasteiger partial charge in [-0.1, -0.05) is 18.2 Å². The van der Waals surface area contributed by atoms with E-state index in [1.54, 1.807) is 0 Å². The first-order valence-corrected chi connectivity index (χ1v) is 6.82. The van der Waals surface area contributed by atoms with Crippen molar-refractivity contribution in [2.24, 2.45) is 0 Å². The molecule has 1 N–H and O–H groups in total. The standard InChI is InChI=1S/C16H15F3N2/c17-13-8-15(19)14(18)7-12(13)10-21-6-5-20-9-11-3-1-2-4-16(11)21/h1-4,7-8,20H,5-6,9-10H2. The molecule has 1 heterocycles. The van der Waals surface area contributed by atoms with Crippen molar-refractivity contribution in [3.63, 3.8) is 0 Å². The van der Waals surface area contributed by atoms with E-state index in [-0.39, 0.29) is 12.1 Å². The van der Waals surface area contributed by atoms with Crippen LogP contribution in [0.25, 0.3) is 0 Å². The number of benzene rings is 2. The molecule has 110 valence electrons. The van der Waals surface area contributed by atoms with Crippen molar-refractivity contribution in [2.45, 2.75) is 13.1 Å². The van der Waals surface area contributed by atoms with E-state index in [4.69, 9.17) is 0 Å². The van der Waals surface area contributed by atoms with Crippen molar-refractivity contribution < 1.29 is 13.2 Å². The maximum Gasteiger partial charge on any atom is 0.161 e. The van der Waals surface area contributed by atoms with Crippen LogP contribution in [0.3, 0.4) is 0 Å². The smallest absolute Gasteiger partial charge is 0.161 e. The molecule has 1 aliphatic rings. The molecule has 0 spiro atoms. The molecule has 0 saturated carbocycles. The largest absolute Gasteiger partial charge is 0.366 e. The van der Waals surface area contributed by atoms with Crippen LogP contribution in [-0.2, 0) is 13.1 Å². The topological polar surface area (TPSA) is 15.3 Å². The molecule has 0 bridgehead atoms. The fraction of sp³-hybridized carbons (Fsp3) is 0.250. The Kier molecular flexibility index (Phi) is 3.84. The van der Waals surface area contributed by atoms with Gasteiger partial charge in [0.05, 0.1) is 0 Å². The molecule has 3 rings (SSSR count). The molecule has 0 radical (unpaired) electrons. The first kappa shape index (κ1) is 13.9. The van der Waals surface area contributed by atoms with Gasteiger partial charge in [-0.05, 0) is 17.7 Å². The lowest BCUT2D eigenvalue weighted by molar-refractivity contribution is 0.489. The average Bonchev–Trinajstić information content (AvgIpc) is 2.67. The fourth-order valence-corrected chi connectivity index (χ4v) is 2.58. The van der Waals surface area contributed by atoms with Crippen molar-refractivity contribution in [3.8, 4) is 0 Å². The predicted octanol–water partition coefficient (Wildman–Crippen LogP) is 3.21. The van der Waals surface area contributed by atoms with Crippen LogP contribution in [0.4, 0.5) is 18.9 Å². The summed E-state index contributed by atoms with van der Waals surface area (Å²) in [5.41, 5.74) is 2.26. The number of hydrogen-bond acceptors (Lipinski definition) is 2. The molecule has 2 aromatic rings. The monoisotopic (exact) mass is 292 g/mol. The number of fused-ring (bicyclic) bond motifs is 1. The molecule has 0 amide bonds. The van der Waals surface area contributed by atoms with Gasteiger partial charge in [0.1, 0.15) is 5.82 Å². The van der Waals surface area contributed by atoms with Crippen LogP contribution in [0.2, 0.25) is 0 Å². The van der Waals surface area contributed by atoms with Crippen LogP contribution in [0, 0.1) is 17.5 Å². The van der Waals surface area contributed by atoms with Gasteiger partial charge in [0.15, 0.2) is 11.6 Å². The molecule has 2 nitrogen and oxygen atoms in total. The second kappa shape index (κ2) is 5.77. The predicted molar refractivity (Wildman–Crippen MR) is 75.5 cm³/mol. The molecule has 5 heteroatoms. The van der Waals surface area contributed by atoms with E-state index in [0.717, 1.165) is 30.4 Å². The van der Waals surface area contributed by atoms with Gasteiger partial charge in [0.2, 0.25) is 0 Å². The van der Waals surface area contributed by atoms with E-state index in [2.05, 4.69) is 5.32 Å². The van der Waals surface area contributed by atoms with Crippen LogP contribution in [0.5, 0.6) is 0 Å². The molecule has 1 aliphatic heterocycles. The van der Waals surface area contributed by atoms with Crippen LogP contribution in [0.1, 0.15) is 11.1 Å². The van der Waals surface area contributed by atoms with Crippen LogP contribution in [-0.4, -0.2) is 13.1 Å². The van der Waals surface area contributed by atoms with E-state index in [1.165, 1.54) is 0 Å². The lowest BCUT2D eigenvalue weighted by Crippen LogP contribution is -2.28. The molecular formula is C16H15F3N2. The highest BCUT2D eigenvalue weighted by Crippen LogP contribution is 2.25. The summed E-state index contributed by atoms with van der Waals surface area (Å²) >= 11 is 0. The summed E-state index contributed by atoms with van der Waals surface area (Å²) in [6.45, 7) is 2.38. The lowest BCUT2D eigenvalue weighted by Gasteiger charge is -2.25. The second-order valence-corrected chi connectivity index (χ2v) is 5.08. The van der Waals surface area contributed by atoms with Crippen LogP contribution < -0.4 is 10.2 Å². The summed E-state index contributed by atoms with van der Waals surface area (Å²) in [5, 5.41) is 3.28. The molecule has 0 fully saturated rings. The third kappa shape index (κ3) is 2.88.